The molecule has 1 heterocycles. The summed E-state index contributed by atoms with van der Waals surface area (Å²) in [5.74, 6) is -0.692. The molecule has 2 nitrogen and oxygen atoms in total. The summed E-state index contributed by atoms with van der Waals surface area (Å²) in [5.41, 5.74) is 3.47. The van der Waals surface area contributed by atoms with Gasteiger partial charge in [-0.3, -0.25) is 9.78 Å². The van der Waals surface area contributed by atoms with Gasteiger partial charge < -0.3 is 0 Å². The molecule has 3 rings (SSSR count). The third kappa shape index (κ3) is 2.75. The smallest absolute Gasteiger partial charge is 0.170 e. The molecule has 0 bridgehead atoms. The van der Waals surface area contributed by atoms with Crippen molar-refractivity contribution in [2.75, 3.05) is 0 Å². The van der Waals surface area contributed by atoms with Gasteiger partial charge in [-0.1, -0.05) is 30.3 Å². The molecule has 0 aliphatic carbocycles. The number of nitrogens with zero attached hydrogens (tertiary/aromatic N) is 1. The van der Waals surface area contributed by atoms with Crippen molar-refractivity contribution in [3.8, 4) is 0 Å². The quantitative estimate of drug-likeness (QED) is 0.669. The van der Waals surface area contributed by atoms with E-state index in [1.165, 1.54) is 6.07 Å². The van der Waals surface area contributed by atoms with Crippen LogP contribution in [0.15, 0.2) is 48.5 Å². The number of carbonyl (C=O) groups excluding carboxylic acids is 1. The highest BCUT2D eigenvalue weighted by atomic mass is 19.1. The van der Waals surface area contributed by atoms with Crippen LogP contribution >= 0.6 is 0 Å². The predicted octanol–water partition coefficient (Wildman–Crippen LogP) is 4.42. The Kier molecular flexibility index (Phi) is 3.72. The molecule has 0 spiro atoms. The van der Waals surface area contributed by atoms with Crippen molar-refractivity contribution >= 4 is 16.7 Å². The summed E-state index contributed by atoms with van der Waals surface area (Å²) < 4.78 is 13.9. The third-order valence-electron chi connectivity index (χ3n) is 3.72. The number of aryl methyl sites for hydroxylation is 2. The number of pyridine rings is 1. The van der Waals surface area contributed by atoms with E-state index in [0.29, 0.717) is 0 Å². The number of carbonyl (C=O) groups is 1. The summed E-state index contributed by atoms with van der Waals surface area (Å²) in [6, 6.07) is 14.3. The highest BCUT2D eigenvalue weighted by Crippen LogP contribution is 2.20. The van der Waals surface area contributed by atoms with Gasteiger partial charge in [0.2, 0.25) is 0 Å². The summed E-state index contributed by atoms with van der Waals surface area (Å²) in [7, 11) is 0. The first-order chi connectivity index (χ1) is 10.5. The van der Waals surface area contributed by atoms with Crippen LogP contribution < -0.4 is 0 Å². The van der Waals surface area contributed by atoms with E-state index in [1.54, 1.807) is 19.1 Å². The van der Waals surface area contributed by atoms with Crippen LogP contribution in [-0.4, -0.2) is 10.8 Å². The van der Waals surface area contributed by atoms with Gasteiger partial charge in [0.05, 0.1) is 11.1 Å². The fourth-order valence-electron chi connectivity index (χ4n) is 2.56. The zero-order chi connectivity index (χ0) is 15.7. The Bertz CT molecular complexity index is 870. The van der Waals surface area contributed by atoms with E-state index >= 15 is 0 Å². The largest absolute Gasteiger partial charge is 0.294 e. The number of hydrogen-bond donors (Lipinski definition) is 0. The zero-order valence-electron chi connectivity index (χ0n) is 12.6. The summed E-state index contributed by atoms with van der Waals surface area (Å²) in [6.07, 6.45) is 0.147. The Hall–Kier alpha value is -2.55. The van der Waals surface area contributed by atoms with Gasteiger partial charge in [-0.15, -0.1) is 0 Å². The predicted molar refractivity (Wildman–Crippen MR) is 85.7 cm³/mol. The number of halogens is 1. The van der Waals surface area contributed by atoms with E-state index in [2.05, 4.69) is 4.98 Å². The summed E-state index contributed by atoms with van der Waals surface area (Å²) in [6.45, 7) is 3.71. The second kappa shape index (κ2) is 5.68. The summed E-state index contributed by atoms with van der Waals surface area (Å²) in [4.78, 5) is 16.9. The molecule has 2 aromatic carbocycles. The van der Waals surface area contributed by atoms with Gasteiger partial charge in [0.15, 0.2) is 5.78 Å². The van der Waals surface area contributed by atoms with Gasteiger partial charge >= 0.3 is 0 Å². The van der Waals surface area contributed by atoms with Gasteiger partial charge in [0.1, 0.15) is 5.82 Å². The van der Waals surface area contributed by atoms with Crippen molar-refractivity contribution in [1.29, 1.82) is 0 Å². The van der Waals surface area contributed by atoms with Gasteiger partial charge in [0.25, 0.3) is 0 Å². The van der Waals surface area contributed by atoms with Crippen molar-refractivity contribution in [1.82, 2.24) is 4.98 Å². The monoisotopic (exact) mass is 293 g/mol. The molecule has 0 saturated heterocycles. The molecule has 110 valence electrons. The number of para-hydroxylation sites is 1. The topological polar surface area (TPSA) is 30.0 Å². The molecule has 0 N–H and O–H groups in total. The molecule has 22 heavy (non-hydrogen) atoms. The zero-order valence-corrected chi connectivity index (χ0v) is 12.6. The Labute approximate surface area is 128 Å². The number of Topliss-reactive ketones (excluding diaryl/α,β-unsaturated/α-hetero) is 1. The van der Waals surface area contributed by atoms with Gasteiger partial charge in [-0.05, 0) is 43.2 Å². The van der Waals surface area contributed by atoms with E-state index < -0.39 is 5.82 Å². The molecule has 0 saturated carbocycles. The molecule has 0 amide bonds. The van der Waals surface area contributed by atoms with Crippen LogP contribution in [0.5, 0.6) is 0 Å². The molecule has 0 fully saturated rings. The lowest BCUT2D eigenvalue weighted by Gasteiger charge is -2.07. The van der Waals surface area contributed by atoms with Crippen molar-refractivity contribution < 1.29 is 9.18 Å². The number of hydrogen-bond acceptors (Lipinski definition) is 2. The maximum atomic E-state index is 13.9. The maximum Gasteiger partial charge on any atom is 0.170 e. The van der Waals surface area contributed by atoms with Crippen LogP contribution in [0.2, 0.25) is 0 Å². The average Bonchev–Trinajstić information content (AvgIpc) is 2.47. The Balaban J connectivity index is 1.99. The van der Waals surface area contributed by atoms with Crippen molar-refractivity contribution in [3.63, 3.8) is 0 Å². The molecule has 3 heteroatoms. The van der Waals surface area contributed by atoms with Crippen LogP contribution in [0.1, 0.15) is 27.2 Å². The summed E-state index contributed by atoms with van der Waals surface area (Å²) in [5, 5.41) is 0.986. The van der Waals surface area contributed by atoms with Crippen LogP contribution in [0, 0.1) is 19.7 Å². The van der Waals surface area contributed by atoms with E-state index in [4.69, 9.17) is 0 Å². The summed E-state index contributed by atoms with van der Waals surface area (Å²) >= 11 is 0. The number of fused-ring (bicyclic) bond motifs is 1. The minimum atomic E-state index is -0.464. The number of aromatic nitrogens is 1. The van der Waals surface area contributed by atoms with Crippen LogP contribution in [0.3, 0.4) is 0 Å². The Morgan fingerprint density at radius 3 is 2.68 bits per heavy atom. The third-order valence-corrected chi connectivity index (χ3v) is 3.72. The molecule has 1 aromatic heterocycles. The maximum absolute atomic E-state index is 13.9. The minimum Gasteiger partial charge on any atom is -0.294 e. The molecule has 3 aromatic rings. The van der Waals surface area contributed by atoms with Crippen molar-refractivity contribution in [2.45, 2.75) is 20.3 Å². The van der Waals surface area contributed by atoms with Gasteiger partial charge in [-0.25, -0.2) is 4.39 Å². The van der Waals surface area contributed by atoms with Crippen LogP contribution in [0.4, 0.5) is 4.39 Å². The first kappa shape index (κ1) is 14.4. The molecular weight excluding hydrogens is 277 g/mol. The molecular formula is C19H16FNO. The highest BCUT2D eigenvalue weighted by Gasteiger charge is 2.14. The lowest BCUT2D eigenvalue weighted by atomic mass is 9.99. The fourth-order valence-corrected chi connectivity index (χ4v) is 2.56. The second-order valence-corrected chi connectivity index (χ2v) is 5.52. The first-order valence-corrected chi connectivity index (χ1v) is 7.19. The van der Waals surface area contributed by atoms with E-state index in [1.807, 2.05) is 37.3 Å². The number of benzene rings is 2. The van der Waals surface area contributed by atoms with E-state index in [0.717, 1.165) is 27.7 Å². The molecule has 0 radical (unpaired) electrons. The molecule has 0 atom stereocenters. The average molecular weight is 293 g/mol. The normalized spacial score (nSPS) is 10.9. The molecule has 0 aliphatic heterocycles. The standard InChI is InChI=1S/C19H16FNO/c1-12-6-9-16(17(20)10-12)18(22)11-15-5-3-4-14-8-7-13(2)21-19(14)15/h3-10H,11H2,1-2H3. The van der Waals surface area contributed by atoms with Crippen LogP contribution in [0.25, 0.3) is 10.9 Å². The minimum absolute atomic E-state index is 0.134. The SMILES string of the molecule is Cc1ccc(C(=O)Cc2cccc3ccc(C)nc23)c(F)c1. The second-order valence-electron chi connectivity index (χ2n) is 5.52. The van der Waals surface area contributed by atoms with Gasteiger partial charge in [0, 0.05) is 17.5 Å². The van der Waals surface area contributed by atoms with Crippen molar-refractivity contribution in [2.24, 2.45) is 0 Å². The Morgan fingerprint density at radius 1 is 1.09 bits per heavy atom. The number of ketones is 1. The van der Waals surface area contributed by atoms with Gasteiger partial charge in [-0.2, -0.15) is 0 Å². The van der Waals surface area contributed by atoms with E-state index in [-0.39, 0.29) is 17.8 Å². The highest BCUT2D eigenvalue weighted by molar-refractivity contribution is 5.99. The molecule has 0 aliphatic rings. The lowest BCUT2D eigenvalue weighted by molar-refractivity contribution is 0.0989. The first-order valence-electron chi connectivity index (χ1n) is 7.19. The van der Waals surface area contributed by atoms with Crippen molar-refractivity contribution in [3.05, 3.63) is 76.7 Å². The molecule has 0 unspecified atom stereocenters. The fraction of sp³-hybridized carbons (Fsp3) is 0.158. The van der Waals surface area contributed by atoms with E-state index in [9.17, 15) is 9.18 Å². The number of rotatable bonds is 3. The van der Waals surface area contributed by atoms with Crippen LogP contribution in [-0.2, 0) is 6.42 Å². The lowest BCUT2D eigenvalue weighted by Crippen LogP contribution is -2.07. The Morgan fingerprint density at radius 2 is 1.91 bits per heavy atom.